The smallest absolute Gasteiger partial charge is 0.100 e. The molecule has 4 heteroatoms. The van der Waals surface area contributed by atoms with Crippen molar-refractivity contribution in [2.45, 2.75) is 25.5 Å². The van der Waals surface area contributed by atoms with Gasteiger partial charge in [0.2, 0.25) is 0 Å². The molecule has 0 spiro atoms. The van der Waals surface area contributed by atoms with Crippen LogP contribution in [0.25, 0.3) is 0 Å². The molecule has 3 N–H and O–H groups in total. The predicted octanol–water partition coefficient (Wildman–Crippen LogP) is -0.685. The van der Waals surface area contributed by atoms with Crippen LogP contribution in [0.2, 0.25) is 6.04 Å². The molecule has 0 aliphatic carbocycles. The summed E-state index contributed by atoms with van der Waals surface area (Å²) in [6, 6.07) is 1.12. The van der Waals surface area contributed by atoms with Crippen LogP contribution in [0.1, 0.15) is 13.3 Å². The molecule has 10 heavy (non-hydrogen) atoms. The van der Waals surface area contributed by atoms with Gasteiger partial charge in [-0.25, -0.2) is 0 Å². The van der Waals surface area contributed by atoms with E-state index in [4.69, 9.17) is 15.3 Å². The summed E-state index contributed by atoms with van der Waals surface area (Å²) in [5.41, 5.74) is 0. The molecule has 61 valence electrons. The molecular weight excluding hydrogens is 148 g/mol. The number of rotatable bonds is 3. The van der Waals surface area contributed by atoms with E-state index in [2.05, 4.69) is 17.2 Å². The number of hydrogen-bond acceptors (Lipinski definition) is 3. The summed E-state index contributed by atoms with van der Waals surface area (Å²) >= 11 is 0. The zero-order valence-corrected chi connectivity index (χ0v) is 7.25. The minimum Gasteiger partial charge on any atom is -0.394 e. The summed E-state index contributed by atoms with van der Waals surface area (Å²) < 4.78 is 0. The average molecular weight is 163 g/mol. The summed E-state index contributed by atoms with van der Waals surface area (Å²) in [7, 11) is 3.29. The Bertz CT molecular complexity index is 46.3. The highest BCUT2D eigenvalue weighted by Gasteiger charge is 1.93. The van der Waals surface area contributed by atoms with Crippen molar-refractivity contribution in [3.05, 3.63) is 0 Å². The van der Waals surface area contributed by atoms with E-state index in [0.29, 0.717) is 0 Å². The van der Waals surface area contributed by atoms with Gasteiger partial charge < -0.3 is 15.3 Å². The van der Waals surface area contributed by atoms with Crippen molar-refractivity contribution in [3.63, 3.8) is 0 Å². The summed E-state index contributed by atoms with van der Waals surface area (Å²) in [4.78, 5) is 0. The summed E-state index contributed by atoms with van der Waals surface area (Å²) in [5, 5.41) is 24.0. The van der Waals surface area contributed by atoms with Gasteiger partial charge in [-0.15, -0.1) is 0 Å². The molecule has 0 aromatic heterocycles. The molecule has 0 fully saturated rings. The van der Waals surface area contributed by atoms with Gasteiger partial charge >= 0.3 is 0 Å². The molecule has 0 saturated heterocycles. The first-order valence-electron chi connectivity index (χ1n) is 3.27. The maximum atomic E-state index is 8.17. The van der Waals surface area contributed by atoms with Crippen LogP contribution >= 0.6 is 0 Å². The van der Waals surface area contributed by atoms with E-state index >= 15 is 0 Å². The molecule has 0 atom stereocenters. The second-order valence-corrected chi connectivity index (χ2v) is 2.27. The molecule has 0 amide bonds. The lowest BCUT2D eigenvalue weighted by molar-refractivity contribution is 0.0450. The minimum atomic E-state index is -0.954. The SMILES string of the molecule is CCC[Si].OCC(O)CO. The molecule has 0 unspecified atom stereocenters. The lowest BCUT2D eigenvalue weighted by Gasteiger charge is -1.96. The largest absolute Gasteiger partial charge is 0.394 e. The van der Waals surface area contributed by atoms with Crippen molar-refractivity contribution in [2.24, 2.45) is 0 Å². The van der Waals surface area contributed by atoms with E-state index < -0.39 is 6.10 Å². The molecule has 0 aromatic rings. The second-order valence-electron chi connectivity index (χ2n) is 1.77. The van der Waals surface area contributed by atoms with Gasteiger partial charge in [-0.3, -0.25) is 0 Å². The lowest BCUT2D eigenvalue weighted by atomic mass is 10.4. The minimum absolute atomic E-state index is 0.365. The third kappa shape index (κ3) is 15.7. The molecule has 0 heterocycles. The van der Waals surface area contributed by atoms with Gasteiger partial charge in [-0.05, 0) is 0 Å². The quantitative estimate of drug-likeness (QED) is 0.483. The van der Waals surface area contributed by atoms with Crippen LogP contribution < -0.4 is 0 Å². The molecule has 3 nitrogen and oxygen atoms in total. The average Bonchev–Trinajstić information content (AvgIpc) is 2.03. The highest BCUT2D eigenvalue weighted by Crippen LogP contribution is 1.73. The van der Waals surface area contributed by atoms with Crippen molar-refractivity contribution in [2.75, 3.05) is 13.2 Å². The van der Waals surface area contributed by atoms with Crippen LogP contribution in [-0.2, 0) is 0 Å². The lowest BCUT2D eigenvalue weighted by Crippen LogP contribution is -2.15. The van der Waals surface area contributed by atoms with Crippen molar-refractivity contribution in [1.82, 2.24) is 0 Å². The Labute approximate surface area is 65.1 Å². The second kappa shape index (κ2) is 11.8. The Kier molecular flexibility index (Phi) is 15.1. The maximum absolute atomic E-state index is 8.17. The van der Waals surface area contributed by atoms with Gasteiger partial charge in [0.15, 0.2) is 0 Å². The molecule has 3 radical (unpaired) electrons. The van der Waals surface area contributed by atoms with Crippen LogP contribution in [0.3, 0.4) is 0 Å². The van der Waals surface area contributed by atoms with Crippen molar-refractivity contribution in [1.29, 1.82) is 0 Å². The predicted molar refractivity (Wildman–Crippen MR) is 41.0 cm³/mol. The maximum Gasteiger partial charge on any atom is 0.100 e. The van der Waals surface area contributed by atoms with Crippen LogP contribution in [0.5, 0.6) is 0 Å². The van der Waals surface area contributed by atoms with Gasteiger partial charge in [-0.2, -0.15) is 0 Å². The molecule has 0 aliphatic rings. The first kappa shape index (κ1) is 12.7. The van der Waals surface area contributed by atoms with E-state index in [1.54, 1.807) is 0 Å². The normalized spacial score (nSPS) is 9.00. The standard InChI is InChI=1S/C3H8O3.C3H7Si/c4-1-3(6)2-5;1-2-3-4/h3-6H,1-2H2;2-3H2,1H3. The zero-order chi connectivity index (χ0) is 8.41. The third-order valence-corrected chi connectivity index (χ3v) is 1.17. The Morgan fingerprint density at radius 1 is 1.30 bits per heavy atom. The van der Waals surface area contributed by atoms with Crippen LogP contribution in [0, 0.1) is 0 Å². The molecule has 0 aliphatic heterocycles. The van der Waals surface area contributed by atoms with Crippen molar-refractivity contribution < 1.29 is 15.3 Å². The zero-order valence-electron chi connectivity index (χ0n) is 6.25. The molecule has 0 bridgehead atoms. The van der Waals surface area contributed by atoms with Gasteiger partial charge in [0, 0.05) is 10.2 Å². The Balaban J connectivity index is 0. The van der Waals surface area contributed by atoms with E-state index in [1.807, 2.05) is 0 Å². The van der Waals surface area contributed by atoms with Gasteiger partial charge in [0.05, 0.1) is 13.2 Å². The molecule has 0 rings (SSSR count). The first-order chi connectivity index (χ1) is 4.72. The van der Waals surface area contributed by atoms with Crippen molar-refractivity contribution in [3.8, 4) is 0 Å². The Morgan fingerprint density at radius 2 is 1.60 bits per heavy atom. The first-order valence-corrected chi connectivity index (χ1v) is 3.97. The fourth-order valence-corrected chi connectivity index (χ4v) is 0.0577. The monoisotopic (exact) mass is 163 g/mol. The highest BCUT2D eigenvalue weighted by atomic mass is 28.1. The van der Waals surface area contributed by atoms with Crippen LogP contribution in [0.4, 0.5) is 0 Å². The number of hydrogen-bond donors (Lipinski definition) is 3. The third-order valence-electron chi connectivity index (χ3n) is 0.671. The van der Waals surface area contributed by atoms with Crippen LogP contribution in [0.15, 0.2) is 0 Å². The summed E-state index contributed by atoms with van der Waals surface area (Å²) in [5.74, 6) is 0. The van der Waals surface area contributed by atoms with Gasteiger partial charge in [-0.1, -0.05) is 19.4 Å². The Morgan fingerprint density at radius 3 is 1.60 bits per heavy atom. The van der Waals surface area contributed by atoms with E-state index in [1.165, 1.54) is 6.42 Å². The van der Waals surface area contributed by atoms with E-state index in [0.717, 1.165) is 6.04 Å². The topological polar surface area (TPSA) is 60.7 Å². The highest BCUT2D eigenvalue weighted by molar-refractivity contribution is 6.08. The molecular formula is C6H15O3Si. The molecule has 0 aromatic carbocycles. The summed E-state index contributed by atoms with van der Waals surface area (Å²) in [6.07, 6.45) is 0.279. The van der Waals surface area contributed by atoms with E-state index in [9.17, 15) is 0 Å². The van der Waals surface area contributed by atoms with Crippen molar-refractivity contribution >= 4 is 10.2 Å². The fraction of sp³-hybridized carbons (Fsp3) is 1.00. The molecule has 0 saturated carbocycles. The Hall–Kier alpha value is 0.0969. The van der Waals surface area contributed by atoms with E-state index in [-0.39, 0.29) is 13.2 Å². The van der Waals surface area contributed by atoms with Gasteiger partial charge in [0.25, 0.3) is 0 Å². The van der Waals surface area contributed by atoms with Gasteiger partial charge in [0.1, 0.15) is 6.10 Å². The van der Waals surface area contributed by atoms with Crippen LogP contribution in [-0.4, -0.2) is 44.9 Å². The summed E-state index contributed by atoms with van der Waals surface area (Å²) in [6.45, 7) is 1.40. The number of aliphatic hydroxyl groups excluding tert-OH is 3. The number of aliphatic hydroxyl groups is 3. The fourth-order valence-electron chi connectivity index (χ4n) is 0.0577.